The maximum Gasteiger partial charge on any atom is 0.121 e. The van der Waals surface area contributed by atoms with Crippen LogP contribution in [0.5, 0.6) is 0 Å². The first-order valence-electron chi connectivity index (χ1n) is 8.35. The zero-order valence-corrected chi connectivity index (χ0v) is 15.9. The van der Waals surface area contributed by atoms with E-state index in [9.17, 15) is 5.11 Å². The molecule has 3 N–H and O–H groups in total. The number of hydrogen-bond donors (Lipinski definition) is 3. The highest BCUT2D eigenvalue weighted by molar-refractivity contribution is 6.42. The number of hydrogen-bond acceptors (Lipinski definition) is 3. The van der Waals surface area contributed by atoms with Crippen LogP contribution in [0.1, 0.15) is 17.2 Å². The minimum absolute atomic E-state index is 0.0288. The van der Waals surface area contributed by atoms with Gasteiger partial charge < -0.3 is 15.8 Å². The molecule has 1 atom stereocenters. The summed E-state index contributed by atoms with van der Waals surface area (Å²) < 4.78 is 0. The van der Waals surface area contributed by atoms with Crippen LogP contribution in [0.25, 0.3) is 0 Å². The molecule has 0 saturated heterocycles. The topological polar surface area (TPSA) is 56.1 Å². The van der Waals surface area contributed by atoms with Gasteiger partial charge in [0.2, 0.25) is 0 Å². The van der Waals surface area contributed by atoms with Gasteiger partial charge in [0.05, 0.1) is 15.8 Å². The van der Waals surface area contributed by atoms with Crippen LogP contribution >= 0.6 is 23.2 Å². The summed E-state index contributed by atoms with van der Waals surface area (Å²) in [4.78, 5) is 0. The molecule has 136 valence electrons. The average Bonchev–Trinajstić information content (AvgIpc) is 2.70. The van der Waals surface area contributed by atoms with Crippen LogP contribution in [0.2, 0.25) is 10.0 Å². The number of rotatable bonds is 6. The van der Waals surface area contributed by atoms with Gasteiger partial charge in [-0.3, -0.25) is 0 Å². The van der Waals surface area contributed by atoms with Crippen LogP contribution in [0, 0.1) is 5.41 Å². The Morgan fingerprint density at radius 2 is 1.52 bits per heavy atom. The predicted molar refractivity (Wildman–Crippen MR) is 113 cm³/mol. The Hall–Kier alpha value is -2.75. The van der Waals surface area contributed by atoms with E-state index < -0.39 is 6.04 Å². The van der Waals surface area contributed by atoms with Crippen molar-refractivity contribution in [2.75, 3.05) is 5.32 Å². The first kappa shape index (κ1) is 19.0. The summed E-state index contributed by atoms with van der Waals surface area (Å²) in [6.07, 6.45) is 1.46. The number of anilines is 1. The number of aliphatic hydroxyl groups excluding tert-OH is 1. The number of aliphatic hydroxyl groups is 1. The van der Waals surface area contributed by atoms with Crippen molar-refractivity contribution in [1.82, 2.24) is 0 Å². The molecule has 0 spiro atoms. The third kappa shape index (κ3) is 4.91. The molecule has 3 nitrogen and oxygen atoms in total. The number of allylic oxidation sites excluding steroid dienone is 1. The van der Waals surface area contributed by atoms with Crippen LogP contribution in [-0.4, -0.2) is 10.8 Å². The Bertz CT molecular complexity index is 957. The van der Waals surface area contributed by atoms with Crippen LogP contribution in [-0.2, 0) is 0 Å². The SMILES string of the molecule is N=C(/C=C(\O)C(Nc1ccc(Cl)c(Cl)c1)c1ccccc1)c1ccccc1. The van der Waals surface area contributed by atoms with E-state index in [1.54, 1.807) is 18.2 Å². The normalized spacial score (nSPS) is 12.4. The van der Waals surface area contributed by atoms with Crippen LogP contribution in [0.15, 0.2) is 90.7 Å². The minimum Gasteiger partial charge on any atom is -0.510 e. The molecule has 1 unspecified atom stereocenters. The molecular formula is C22H18Cl2N2O. The summed E-state index contributed by atoms with van der Waals surface area (Å²) in [6, 6.07) is 23.4. The summed E-state index contributed by atoms with van der Waals surface area (Å²) in [5, 5.41) is 23.2. The average molecular weight is 397 g/mol. The molecule has 0 radical (unpaired) electrons. The second-order valence-corrected chi connectivity index (χ2v) is 6.78. The summed E-state index contributed by atoms with van der Waals surface area (Å²) >= 11 is 12.1. The zero-order valence-electron chi connectivity index (χ0n) is 14.4. The second-order valence-electron chi connectivity index (χ2n) is 5.97. The molecule has 0 bridgehead atoms. The summed E-state index contributed by atoms with van der Waals surface area (Å²) in [7, 11) is 0. The van der Waals surface area contributed by atoms with Crippen molar-refractivity contribution in [3.8, 4) is 0 Å². The van der Waals surface area contributed by atoms with Gasteiger partial charge in [0.1, 0.15) is 11.8 Å². The fourth-order valence-electron chi connectivity index (χ4n) is 2.66. The molecule has 0 heterocycles. The van der Waals surface area contributed by atoms with Gasteiger partial charge in [-0.15, -0.1) is 0 Å². The molecule has 0 aromatic heterocycles. The van der Waals surface area contributed by atoms with E-state index in [-0.39, 0.29) is 11.5 Å². The molecule has 0 amide bonds. The molecule has 0 aliphatic rings. The summed E-state index contributed by atoms with van der Waals surface area (Å²) in [5.41, 5.74) is 2.53. The van der Waals surface area contributed by atoms with Gasteiger partial charge in [-0.1, -0.05) is 83.9 Å². The third-order valence-corrected chi connectivity index (χ3v) is 4.78. The lowest BCUT2D eigenvalue weighted by atomic mass is 10.0. The van der Waals surface area contributed by atoms with E-state index in [2.05, 4.69) is 5.32 Å². The fourth-order valence-corrected chi connectivity index (χ4v) is 2.96. The summed E-state index contributed by atoms with van der Waals surface area (Å²) in [6.45, 7) is 0. The maximum absolute atomic E-state index is 10.8. The van der Waals surface area contributed by atoms with Crippen molar-refractivity contribution < 1.29 is 5.11 Å². The minimum atomic E-state index is -0.535. The number of benzene rings is 3. The standard InChI is InChI=1S/C22H18Cl2N2O/c23-18-12-11-17(13-19(18)24)26-22(16-9-5-2-6-10-16)21(27)14-20(25)15-7-3-1-4-8-15/h1-14,22,25-27H/b21-14-,25-20?. The summed E-state index contributed by atoms with van der Waals surface area (Å²) in [5.74, 6) is 0.0288. The lowest BCUT2D eigenvalue weighted by Gasteiger charge is -2.20. The zero-order chi connectivity index (χ0) is 19.2. The highest BCUT2D eigenvalue weighted by Gasteiger charge is 2.17. The number of halogens is 2. The first-order valence-corrected chi connectivity index (χ1v) is 9.11. The highest BCUT2D eigenvalue weighted by atomic mass is 35.5. The molecular weight excluding hydrogens is 379 g/mol. The lowest BCUT2D eigenvalue weighted by molar-refractivity contribution is 0.379. The van der Waals surface area contributed by atoms with Crippen molar-refractivity contribution in [2.24, 2.45) is 0 Å². The largest absolute Gasteiger partial charge is 0.510 e. The van der Waals surface area contributed by atoms with E-state index in [0.717, 1.165) is 11.1 Å². The molecule has 3 rings (SSSR count). The van der Waals surface area contributed by atoms with E-state index >= 15 is 0 Å². The Morgan fingerprint density at radius 3 is 2.15 bits per heavy atom. The van der Waals surface area contributed by atoms with Gasteiger partial charge >= 0.3 is 0 Å². The van der Waals surface area contributed by atoms with Crippen LogP contribution in [0.4, 0.5) is 5.69 Å². The lowest BCUT2D eigenvalue weighted by Crippen LogP contribution is -2.14. The van der Waals surface area contributed by atoms with Gasteiger partial charge in [-0.05, 0) is 29.3 Å². The van der Waals surface area contributed by atoms with Crippen LogP contribution in [0.3, 0.4) is 0 Å². The molecule has 0 aliphatic carbocycles. The van der Waals surface area contributed by atoms with E-state index in [4.69, 9.17) is 28.6 Å². The highest BCUT2D eigenvalue weighted by Crippen LogP contribution is 2.30. The van der Waals surface area contributed by atoms with Crippen molar-refractivity contribution >= 4 is 34.6 Å². The van der Waals surface area contributed by atoms with Crippen molar-refractivity contribution in [3.63, 3.8) is 0 Å². The van der Waals surface area contributed by atoms with Gasteiger partial charge in [-0.25, -0.2) is 0 Å². The Morgan fingerprint density at radius 1 is 0.889 bits per heavy atom. The molecule has 27 heavy (non-hydrogen) atoms. The molecule has 5 heteroatoms. The first-order chi connectivity index (χ1) is 13.0. The Balaban J connectivity index is 1.93. The third-order valence-electron chi connectivity index (χ3n) is 4.04. The molecule has 0 aliphatic heterocycles. The monoisotopic (exact) mass is 396 g/mol. The van der Waals surface area contributed by atoms with Gasteiger partial charge in [0, 0.05) is 11.8 Å². The van der Waals surface area contributed by atoms with Gasteiger partial charge in [-0.2, -0.15) is 0 Å². The van der Waals surface area contributed by atoms with Crippen molar-refractivity contribution in [3.05, 3.63) is 112 Å². The van der Waals surface area contributed by atoms with Gasteiger partial charge in [0.25, 0.3) is 0 Å². The Kier molecular flexibility index (Phi) is 6.17. The van der Waals surface area contributed by atoms with Crippen LogP contribution < -0.4 is 5.32 Å². The van der Waals surface area contributed by atoms with E-state index in [1.165, 1.54) is 6.08 Å². The molecule has 3 aromatic carbocycles. The molecule has 0 fully saturated rings. The maximum atomic E-state index is 10.8. The second kappa shape index (κ2) is 8.76. The van der Waals surface area contributed by atoms with E-state index in [0.29, 0.717) is 15.7 Å². The quantitative estimate of drug-likeness (QED) is 0.322. The number of nitrogens with one attached hydrogen (secondary N) is 2. The van der Waals surface area contributed by atoms with Crippen molar-refractivity contribution in [2.45, 2.75) is 6.04 Å². The van der Waals surface area contributed by atoms with Crippen molar-refractivity contribution in [1.29, 1.82) is 5.41 Å². The van der Waals surface area contributed by atoms with Gasteiger partial charge in [0.15, 0.2) is 0 Å². The Labute approximate surface area is 168 Å². The smallest absolute Gasteiger partial charge is 0.121 e. The molecule has 0 saturated carbocycles. The predicted octanol–water partition coefficient (Wildman–Crippen LogP) is 6.66. The van der Waals surface area contributed by atoms with E-state index in [1.807, 2.05) is 60.7 Å². The molecule has 3 aromatic rings. The fraction of sp³-hybridized carbons (Fsp3) is 0.0455.